The molecule has 0 atom stereocenters. The SMILES string of the molecule is O=S(=O)(OSc1ccc(Sc2ccccc2)s1)C(F)(F)F. The average molecular weight is 372 g/mol. The molecule has 0 bridgehead atoms. The van der Waals surface area contributed by atoms with Gasteiger partial charge in [-0.15, -0.1) is 11.3 Å². The maximum absolute atomic E-state index is 12.1. The van der Waals surface area contributed by atoms with Crippen molar-refractivity contribution in [2.75, 3.05) is 0 Å². The molecule has 0 fully saturated rings. The van der Waals surface area contributed by atoms with Gasteiger partial charge in [-0.3, -0.25) is 0 Å². The fourth-order valence-corrected chi connectivity index (χ4v) is 4.85. The molecule has 1 aromatic carbocycles. The van der Waals surface area contributed by atoms with Crippen molar-refractivity contribution in [1.82, 2.24) is 0 Å². The monoisotopic (exact) mass is 372 g/mol. The van der Waals surface area contributed by atoms with Crippen LogP contribution >= 0.6 is 35.1 Å². The van der Waals surface area contributed by atoms with Gasteiger partial charge in [0.2, 0.25) is 0 Å². The molecule has 2 rings (SSSR count). The van der Waals surface area contributed by atoms with E-state index in [0.29, 0.717) is 4.21 Å². The summed E-state index contributed by atoms with van der Waals surface area (Å²) < 4.78 is 62.9. The first-order chi connectivity index (χ1) is 9.78. The van der Waals surface area contributed by atoms with Crippen molar-refractivity contribution in [2.45, 2.75) is 18.8 Å². The lowest BCUT2D eigenvalue weighted by Crippen LogP contribution is -2.23. The summed E-state index contributed by atoms with van der Waals surface area (Å²) in [6.45, 7) is 0. The van der Waals surface area contributed by atoms with Gasteiger partial charge in [0.15, 0.2) is 0 Å². The Kier molecular flexibility index (Phi) is 5.25. The summed E-state index contributed by atoms with van der Waals surface area (Å²) in [5, 5.41) is 0. The average Bonchev–Trinajstić information content (AvgIpc) is 2.84. The van der Waals surface area contributed by atoms with E-state index >= 15 is 0 Å². The van der Waals surface area contributed by atoms with Crippen LogP contribution in [0.1, 0.15) is 0 Å². The third-order valence-electron chi connectivity index (χ3n) is 2.01. The summed E-state index contributed by atoms with van der Waals surface area (Å²) in [7, 11) is -5.58. The van der Waals surface area contributed by atoms with Gasteiger partial charge in [0, 0.05) is 4.90 Å². The molecule has 0 amide bonds. The highest BCUT2D eigenvalue weighted by molar-refractivity contribution is 8.06. The molecular weight excluding hydrogens is 365 g/mol. The molecule has 0 spiro atoms. The van der Waals surface area contributed by atoms with Crippen molar-refractivity contribution in [1.29, 1.82) is 0 Å². The van der Waals surface area contributed by atoms with Crippen LogP contribution in [0.2, 0.25) is 0 Å². The summed E-state index contributed by atoms with van der Waals surface area (Å²) >= 11 is 2.76. The lowest BCUT2D eigenvalue weighted by Gasteiger charge is -2.05. The van der Waals surface area contributed by atoms with Crippen LogP contribution in [0, 0.1) is 0 Å². The number of hydrogen-bond donors (Lipinski definition) is 0. The Hall–Kier alpha value is -0.680. The predicted molar refractivity (Wildman–Crippen MR) is 76.8 cm³/mol. The molecule has 0 N–H and O–H groups in total. The lowest BCUT2D eigenvalue weighted by atomic mass is 10.4. The second-order valence-electron chi connectivity index (χ2n) is 3.54. The van der Waals surface area contributed by atoms with Crippen LogP contribution in [0.15, 0.2) is 55.8 Å². The van der Waals surface area contributed by atoms with Crippen LogP contribution in [-0.2, 0) is 13.7 Å². The van der Waals surface area contributed by atoms with Gasteiger partial charge in [0.1, 0.15) is 0 Å². The van der Waals surface area contributed by atoms with Crippen LogP contribution in [-0.4, -0.2) is 13.9 Å². The lowest BCUT2D eigenvalue weighted by molar-refractivity contribution is -0.0494. The van der Waals surface area contributed by atoms with Gasteiger partial charge in [-0.1, -0.05) is 30.0 Å². The van der Waals surface area contributed by atoms with Gasteiger partial charge in [-0.05, 0) is 24.3 Å². The first kappa shape index (κ1) is 16.7. The zero-order chi connectivity index (χ0) is 15.5. The minimum atomic E-state index is -5.58. The van der Waals surface area contributed by atoms with Crippen molar-refractivity contribution in [3.05, 3.63) is 42.5 Å². The number of benzene rings is 1. The standard InChI is InChI=1S/C11H7F3O3S4/c12-11(13,14)21(15,16)17-20-10-7-6-9(19-10)18-8-4-2-1-3-5-8/h1-7H. The Labute approximate surface area is 131 Å². The summed E-state index contributed by atoms with van der Waals surface area (Å²) in [4.78, 5) is 0.972. The fraction of sp³-hybridized carbons (Fsp3) is 0.0909. The van der Waals surface area contributed by atoms with Crippen molar-refractivity contribution < 1.29 is 25.2 Å². The van der Waals surface area contributed by atoms with E-state index in [9.17, 15) is 21.6 Å². The molecule has 21 heavy (non-hydrogen) atoms. The Morgan fingerprint density at radius 2 is 1.62 bits per heavy atom. The van der Waals surface area contributed by atoms with E-state index in [1.54, 1.807) is 6.07 Å². The van der Waals surface area contributed by atoms with E-state index in [2.05, 4.69) is 3.63 Å². The predicted octanol–water partition coefficient (Wildman–Crippen LogP) is 4.77. The van der Waals surface area contributed by atoms with Gasteiger partial charge < -0.3 is 0 Å². The molecule has 0 aliphatic carbocycles. The fourth-order valence-electron chi connectivity index (χ4n) is 1.12. The second-order valence-corrected chi connectivity index (χ2v) is 8.78. The van der Waals surface area contributed by atoms with Gasteiger partial charge in [0.05, 0.1) is 20.5 Å². The molecule has 114 valence electrons. The second kappa shape index (κ2) is 6.61. The minimum absolute atomic E-state index is 0.183. The number of hydrogen-bond acceptors (Lipinski definition) is 6. The van der Waals surface area contributed by atoms with Crippen LogP contribution in [0.25, 0.3) is 0 Å². The molecule has 0 saturated heterocycles. The highest BCUT2D eigenvalue weighted by Crippen LogP contribution is 2.39. The van der Waals surface area contributed by atoms with E-state index < -0.39 is 15.6 Å². The van der Waals surface area contributed by atoms with Gasteiger partial charge in [0.25, 0.3) is 0 Å². The molecule has 0 aliphatic rings. The maximum atomic E-state index is 12.1. The summed E-state index contributed by atoms with van der Waals surface area (Å²) in [5.41, 5.74) is -5.42. The number of halogens is 3. The van der Waals surface area contributed by atoms with Gasteiger partial charge >= 0.3 is 15.6 Å². The number of rotatable bonds is 5. The molecule has 0 aliphatic heterocycles. The van der Waals surface area contributed by atoms with Gasteiger partial charge in [-0.2, -0.15) is 25.2 Å². The van der Waals surface area contributed by atoms with Crippen molar-refractivity contribution in [3.8, 4) is 0 Å². The van der Waals surface area contributed by atoms with Crippen LogP contribution in [0.4, 0.5) is 13.2 Å². The molecule has 3 nitrogen and oxygen atoms in total. The first-order valence-electron chi connectivity index (χ1n) is 5.28. The summed E-state index contributed by atoms with van der Waals surface area (Å²) in [5.74, 6) is 0. The molecule has 0 unspecified atom stereocenters. The van der Waals surface area contributed by atoms with E-state index in [0.717, 1.165) is 20.4 Å². The third kappa shape index (κ3) is 4.65. The van der Waals surface area contributed by atoms with E-state index in [1.165, 1.54) is 17.8 Å². The topological polar surface area (TPSA) is 43.4 Å². The van der Waals surface area contributed by atoms with E-state index in [1.807, 2.05) is 30.3 Å². The van der Waals surface area contributed by atoms with Crippen LogP contribution < -0.4 is 0 Å². The molecule has 1 aromatic heterocycles. The van der Waals surface area contributed by atoms with E-state index in [-0.39, 0.29) is 12.0 Å². The Morgan fingerprint density at radius 1 is 1.00 bits per heavy atom. The van der Waals surface area contributed by atoms with E-state index in [4.69, 9.17) is 0 Å². The number of thiophene rings is 1. The zero-order valence-electron chi connectivity index (χ0n) is 10.0. The quantitative estimate of drug-likeness (QED) is 0.559. The normalized spacial score (nSPS) is 12.5. The summed E-state index contributed by atoms with van der Waals surface area (Å²) in [6.07, 6.45) is 0. The molecule has 0 radical (unpaired) electrons. The molecule has 0 saturated carbocycles. The molecule has 2 aromatic rings. The first-order valence-corrected chi connectivity index (χ1v) is 9.06. The maximum Gasteiger partial charge on any atom is 0.524 e. The molecule has 10 heteroatoms. The van der Waals surface area contributed by atoms with Crippen molar-refractivity contribution in [3.63, 3.8) is 0 Å². The van der Waals surface area contributed by atoms with Crippen LogP contribution in [0.3, 0.4) is 0 Å². The number of alkyl halides is 3. The highest BCUT2D eigenvalue weighted by atomic mass is 32.3. The zero-order valence-corrected chi connectivity index (χ0v) is 13.3. The third-order valence-corrected chi connectivity index (χ3v) is 6.34. The largest absolute Gasteiger partial charge is 0.524 e. The molecule has 1 heterocycles. The Balaban J connectivity index is 1.98. The van der Waals surface area contributed by atoms with Crippen LogP contribution in [0.5, 0.6) is 0 Å². The molecular formula is C11H7F3O3S4. The summed E-state index contributed by atoms with van der Waals surface area (Å²) in [6, 6.07) is 12.6. The minimum Gasteiger partial charge on any atom is -0.189 e. The van der Waals surface area contributed by atoms with Crippen molar-refractivity contribution in [2.24, 2.45) is 0 Å². The Bertz CT molecular complexity index is 695. The highest BCUT2D eigenvalue weighted by Gasteiger charge is 2.48. The van der Waals surface area contributed by atoms with Gasteiger partial charge in [-0.25, -0.2) is 0 Å². The smallest absolute Gasteiger partial charge is 0.189 e. The van der Waals surface area contributed by atoms with Crippen molar-refractivity contribution >= 4 is 45.3 Å². The Morgan fingerprint density at radius 3 is 2.24 bits per heavy atom.